The largest absolute Gasteiger partial charge is 0.374 e. The van der Waals surface area contributed by atoms with Crippen molar-refractivity contribution in [3.8, 4) is 0 Å². The van der Waals surface area contributed by atoms with Gasteiger partial charge in [-0.1, -0.05) is 11.3 Å². The summed E-state index contributed by atoms with van der Waals surface area (Å²) in [6.45, 7) is 1.76. The zero-order valence-corrected chi connectivity index (χ0v) is 8.59. The SMILES string of the molecule is Nc1nnc(CC(=O)N2CCCC2)s1. The number of hydrogen-bond acceptors (Lipinski definition) is 5. The molecule has 1 aliphatic rings. The lowest BCUT2D eigenvalue weighted by molar-refractivity contribution is -0.129. The van der Waals surface area contributed by atoms with Crippen molar-refractivity contribution < 1.29 is 4.79 Å². The molecule has 0 atom stereocenters. The Balaban J connectivity index is 1.93. The van der Waals surface area contributed by atoms with Crippen molar-refractivity contribution >= 4 is 22.4 Å². The molecule has 5 nitrogen and oxygen atoms in total. The van der Waals surface area contributed by atoms with Crippen LogP contribution in [0.2, 0.25) is 0 Å². The minimum atomic E-state index is 0.138. The van der Waals surface area contributed by atoms with Crippen LogP contribution in [-0.4, -0.2) is 34.1 Å². The van der Waals surface area contributed by atoms with Gasteiger partial charge in [0.05, 0.1) is 6.42 Å². The number of carbonyl (C=O) groups is 1. The van der Waals surface area contributed by atoms with E-state index in [1.165, 1.54) is 11.3 Å². The van der Waals surface area contributed by atoms with E-state index in [0.717, 1.165) is 25.9 Å². The molecule has 2 heterocycles. The van der Waals surface area contributed by atoms with E-state index in [0.29, 0.717) is 16.6 Å². The number of nitrogen functional groups attached to an aromatic ring is 1. The van der Waals surface area contributed by atoms with Crippen molar-refractivity contribution in [3.05, 3.63) is 5.01 Å². The number of rotatable bonds is 2. The number of anilines is 1. The molecule has 14 heavy (non-hydrogen) atoms. The molecule has 0 saturated carbocycles. The molecule has 0 bridgehead atoms. The van der Waals surface area contributed by atoms with Crippen LogP contribution in [-0.2, 0) is 11.2 Å². The third-order valence-electron chi connectivity index (χ3n) is 2.24. The van der Waals surface area contributed by atoms with Crippen LogP contribution in [0.5, 0.6) is 0 Å². The van der Waals surface area contributed by atoms with Crippen molar-refractivity contribution in [2.24, 2.45) is 0 Å². The minimum absolute atomic E-state index is 0.138. The normalized spacial score (nSPS) is 16.1. The zero-order chi connectivity index (χ0) is 9.97. The fourth-order valence-corrected chi connectivity index (χ4v) is 2.15. The van der Waals surface area contributed by atoms with E-state index in [9.17, 15) is 4.79 Å². The highest BCUT2D eigenvalue weighted by Crippen LogP contribution is 2.14. The first-order valence-corrected chi connectivity index (χ1v) is 5.43. The Morgan fingerprint density at radius 2 is 2.14 bits per heavy atom. The van der Waals surface area contributed by atoms with E-state index in [4.69, 9.17) is 5.73 Å². The highest BCUT2D eigenvalue weighted by Gasteiger charge is 2.19. The number of amides is 1. The molecule has 0 aliphatic carbocycles. The van der Waals surface area contributed by atoms with Crippen LogP contribution in [0, 0.1) is 0 Å². The molecule has 0 spiro atoms. The van der Waals surface area contributed by atoms with E-state index < -0.39 is 0 Å². The van der Waals surface area contributed by atoms with Crippen molar-refractivity contribution in [3.63, 3.8) is 0 Å². The summed E-state index contributed by atoms with van der Waals surface area (Å²) in [7, 11) is 0. The van der Waals surface area contributed by atoms with E-state index in [1.807, 2.05) is 4.90 Å². The summed E-state index contributed by atoms with van der Waals surface area (Å²) in [5, 5.41) is 8.63. The van der Waals surface area contributed by atoms with E-state index >= 15 is 0 Å². The van der Waals surface area contributed by atoms with Gasteiger partial charge in [0.1, 0.15) is 5.01 Å². The first-order valence-electron chi connectivity index (χ1n) is 4.61. The summed E-state index contributed by atoms with van der Waals surface area (Å²) >= 11 is 1.28. The molecule has 1 saturated heterocycles. The van der Waals surface area contributed by atoms with Gasteiger partial charge in [-0.15, -0.1) is 10.2 Å². The Bertz CT molecular complexity index is 332. The summed E-state index contributed by atoms with van der Waals surface area (Å²) < 4.78 is 0. The highest BCUT2D eigenvalue weighted by atomic mass is 32.1. The van der Waals surface area contributed by atoms with Crippen LogP contribution in [0.3, 0.4) is 0 Å². The Hall–Kier alpha value is -1.17. The molecule has 2 N–H and O–H groups in total. The van der Waals surface area contributed by atoms with Gasteiger partial charge in [-0.3, -0.25) is 4.79 Å². The van der Waals surface area contributed by atoms with Crippen LogP contribution in [0.25, 0.3) is 0 Å². The second-order valence-electron chi connectivity index (χ2n) is 3.30. The van der Waals surface area contributed by atoms with Gasteiger partial charge in [-0.2, -0.15) is 0 Å². The van der Waals surface area contributed by atoms with Gasteiger partial charge in [0.2, 0.25) is 11.0 Å². The van der Waals surface area contributed by atoms with E-state index in [-0.39, 0.29) is 5.91 Å². The number of nitrogens with two attached hydrogens (primary N) is 1. The predicted octanol–water partition coefficient (Wildman–Crippen LogP) is 0.285. The van der Waals surface area contributed by atoms with Crippen LogP contribution in [0.1, 0.15) is 17.8 Å². The molecule has 1 aliphatic heterocycles. The highest BCUT2D eigenvalue weighted by molar-refractivity contribution is 7.15. The number of nitrogens with zero attached hydrogens (tertiary/aromatic N) is 3. The maximum Gasteiger partial charge on any atom is 0.229 e. The van der Waals surface area contributed by atoms with Crippen LogP contribution >= 0.6 is 11.3 Å². The first kappa shape index (κ1) is 9.39. The fraction of sp³-hybridized carbons (Fsp3) is 0.625. The smallest absolute Gasteiger partial charge is 0.229 e. The number of aromatic nitrogens is 2. The molecular formula is C8H12N4OS. The minimum Gasteiger partial charge on any atom is -0.374 e. The van der Waals surface area contributed by atoms with Crippen molar-refractivity contribution in [1.29, 1.82) is 0 Å². The summed E-state index contributed by atoms with van der Waals surface area (Å²) in [6, 6.07) is 0. The second-order valence-corrected chi connectivity index (χ2v) is 4.39. The Morgan fingerprint density at radius 1 is 1.43 bits per heavy atom. The molecular weight excluding hydrogens is 200 g/mol. The lowest BCUT2D eigenvalue weighted by Gasteiger charge is -2.13. The molecule has 1 aromatic heterocycles. The second kappa shape index (κ2) is 3.91. The monoisotopic (exact) mass is 212 g/mol. The standard InChI is InChI=1S/C8H12N4OS/c9-8-11-10-6(14-8)5-7(13)12-3-1-2-4-12/h1-5H2,(H2,9,11). The van der Waals surface area contributed by atoms with E-state index in [2.05, 4.69) is 10.2 Å². The Morgan fingerprint density at radius 3 is 2.71 bits per heavy atom. The summed E-state index contributed by atoms with van der Waals surface area (Å²) in [6.07, 6.45) is 2.57. The van der Waals surface area contributed by atoms with Crippen LogP contribution in [0.15, 0.2) is 0 Å². The molecule has 1 aromatic rings. The number of carbonyl (C=O) groups excluding carboxylic acids is 1. The Labute approximate surface area is 85.9 Å². The quantitative estimate of drug-likeness (QED) is 0.764. The average Bonchev–Trinajstić information content (AvgIpc) is 2.75. The third kappa shape index (κ3) is 2.01. The molecule has 0 radical (unpaired) electrons. The summed E-state index contributed by atoms with van der Waals surface area (Å²) in [5.41, 5.74) is 5.43. The third-order valence-corrected chi connectivity index (χ3v) is 3.00. The topological polar surface area (TPSA) is 72.1 Å². The average molecular weight is 212 g/mol. The van der Waals surface area contributed by atoms with Gasteiger partial charge >= 0.3 is 0 Å². The molecule has 1 fully saturated rings. The van der Waals surface area contributed by atoms with Crippen molar-refractivity contribution in [2.45, 2.75) is 19.3 Å². The molecule has 76 valence electrons. The Kier molecular flexibility index (Phi) is 2.62. The number of likely N-dealkylation sites (tertiary alicyclic amines) is 1. The zero-order valence-electron chi connectivity index (χ0n) is 7.77. The fourth-order valence-electron chi connectivity index (χ4n) is 1.55. The lowest BCUT2D eigenvalue weighted by Crippen LogP contribution is -2.28. The van der Waals surface area contributed by atoms with Gasteiger partial charge < -0.3 is 10.6 Å². The van der Waals surface area contributed by atoms with Gasteiger partial charge in [-0.25, -0.2) is 0 Å². The first-order chi connectivity index (χ1) is 6.75. The molecule has 0 unspecified atom stereocenters. The molecule has 6 heteroatoms. The summed E-state index contributed by atoms with van der Waals surface area (Å²) in [5.74, 6) is 0.138. The van der Waals surface area contributed by atoms with Gasteiger partial charge in [0.15, 0.2) is 0 Å². The van der Waals surface area contributed by atoms with E-state index in [1.54, 1.807) is 0 Å². The van der Waals surface area contributed by atoms with Gasteiger partial charge in [0.25, 0.3) is 0 Å². The number of hydrogen-bond donors (Lipinski definition) is 1. The molecule has 2 rings (SSSR count). The maximum absolute atomic E-state index is 11.6. The van der Waals surface area contributed by atoms with Gasteiger partial charge in [-0.05, 0) is 12.8 Å². The molecule has 1 amide bonds. The maximum atomic E-state index is 11.6. The molecule has 0 aromatic carbocycles. The van der Waals surface area contributed by atoms with Crippen molar-refractivity contribution in [2.75, 3.05) is 18.8 Å². The van der Waals surface area contributed by atoms with Crippen molar-refractivity contribution in [1.82, 2.24) is 15.1 Å². The summed E-state index contributed by atoms with van der Waals surface area (Å²) in [4.78, 5) is 13.5. The van der Waals surface area contributed by atoms with Gasteiger partial charge in [0, 0.05) is 13.1 Å². The lowest BCUT2D eigenvalue weighted by atomic mass is 10.4. The van der Waals surface area contributed by atoms with Crippen LogP contribution in [0.4, 0.5) is 5.13 Å². The van der Waals surface area contributed by atoms with Crippen LogP contribution < -0.4 is 5.73 Å². The predicted molar refractivity (Wildman–Crippen MR) is 53.8 cm³/mol.